The Kier molecular flexibility index (Phi) is 5.33. The van der Waals surface area contributed by atoms with Crippen molar-refractivity contribution in [3.63, 3.8) is 0 Å². The van der Waals surface area contributed by atoms with E-state index in [-0.39, 0.29) is 0 Å². The fraction of sp³-hybridized carbons (Fsp3) is 0.500. The highest BCUT2D eigenvalue weighted by molar-refractivity contribution is 8.00. The van der Waals surface area contributed by atoms with Crippen LogP contribution in [0.15, 0.2) is 24.3 Å². The Labute approximate surface area is 120 Å². The zero-order valence-corrected chi connectivity index (χ0v) is 12.5. The summed E-state index contributed by atoms with van der Waals surface area (Å²) in [6.45, 7) is 7.26. The first-order chi connectivity index (χ1) is 9.20. The van der Waals surface area contributed by atoms with Gasteiger partial charge in [-0.3, -0.25) is 4.90 Å². The van der Waals surface area contributed by atoms with Gasteiger partial charge in [-0.15, -0.1) is 0 Å². The highest BCUT2D eigenvalue weighted by atomic mass is 32.2. The summed E-state index contributed by atoms with van der Waals surface area (Å²) >= 11 is 2.08. The molecule has 1 aliphatic heterocycles. The average molecular weight is 274 g/mol. The molecule has 2 nitrogen and oxygen atoms in total. The van der Waals surface area contributed by atoms with E-state index >= 15 is 0 Å². The van der Waals surface area contributed by atoms with E-state index in [1.165, 1.54) is 17.9 Å². The lowest BCUT2D eigenvalue weighted by Gasteiger charge is -2.37. The van der Waals surface area contributed by atoms with E-state index in [0.717, 1.165) is 12.1 Å². The van der Waals surface area contributed by atoms with Gasteiger partial charge in [0, 0.05) is 35.7 Å². The molecule has 0 aromatic heterocycles. The minimum absolute atomic E-state index is 0.419. The summed E-state index contributed by atoms with van der Waals surface area (Å²) in [5, 5.41) is 0.717. The van der Waals surface area contributed by atoms with Gasteiger partial charge in [0.1, 0.15) is 0 Å². The molecule has 3 heteroatoms. The van der Waals surface area contributed by atoms with Crippen LogP contribution in [0.25, 0.3) is 0 Å². The van der Waals surface area contributed by atoms with Gasteiger partial charge in [-0.25, -0.2) is 0 Å². The van der Waals surface area contributed by atoms with Crippen LogP contribution in [-0.2, 0) is 6.54 Å². The summed E-state index contributed by atoms with van der Waals surface area (Å²) in [4.78, 5) is 2.57. The Bertz CT molecular complexity index is 475. The zero-order chi connectivity index (χ0) is 13.7. The van der Waals surface area contributed by atoms with Crippen LogP contribution in [0, 0.1) is 11.8 Å². The average Bonchev–Trinajstić information content (AvgIpc) is 2.42. The lowest BCUT2D eigenvalue weighted by Crippen LogP contribution is -2.43. The normalized spacial score (nSPS) is 23.7. The fourth-order valence-corrected chi connectivity index (χ4v) is 3.52. The Morgan fingerprint density at radius 1 is 1.42 bits per heavy atom. The molecule has 2 rings (SSSR count). The molecule has 0 bridgehead atoms. The second kappa shape index (κ2) is 7.00. The molecule has 0 spiro atoms. The third-order valence-corrected chi connectivity index (χ3v) is 5.00. The lowest BCUT2D eigenvalue weighted by molar-refractivity contribution is 0.204. The molecule has 0 radical (unpaired) electrons. The fourth-order valence-electron chi connectivity index (χ4n) is 2.35. The smallest absolute Gasteiger partial charge is 0.0555 e. The van der Waals surface area contributed by atoms with E-state index < -0.39 is 0 Å². The maximum absolute atomic E-state index is 5.41. The van der Waals surface area contributed by atoms with Crippen molar-refractivity contribution in [1.82, 2.24) is 4.90 Å². The standard InChI is InChI=1S/C16H22N2S/c1-13-14(2)19-10-9-18(13)12-16-6-3-5-15(11-16)7-4-8-17/h3,5-6,11,13-14H,8-10,12,17H2,1-2H3. The van der Waals surface area contributed by atoms with E-state index in [0.29, 0.717) is 17.8 Å². The van der Waals surface area contributed by atoms with Crippen LogP contribution in [0.5, 0.6) is 0 Å². The Balaban J connectivity index is 2.06. The quantitative estimate of drug-likeness (QED) is 0.839. The number of nitrogens with two attached hydrogens (primary N) is 1. The van der Waals surface area contributed by atoms with Crippen LogP contribution < -0.4 is 5.73 Å². The van der Waals surface area contributed by atoms with E-state index in [9.17, 15) is 0 Å². The van der Waals surface area contributed by atoms with Crippen molar-refractivity contribution in [2.24, 2.45) is 5.73 Å². The highest BCUT2D eigenvalue weighted by Gasteiger charge is 2.24. The van der Waals surface area contributed by atoms with E-state index in [1.807, 2.05) is 6.07 Å². The van der Waals surface area contributed by atoms with Gasteiger partial charge in [0.05, 0.1) is 6.54 Å². The number of benzene rings is 1. The van der Waals surface area contributed by atoms with Gasteiger partial charge < -0.3 is 5.73 Å². The summed E-state index contributed by atoms with van der Waals surface area (Å²) in [6.07, 6.45) is 0. The molecule has 2 atom stereocenters. The highest BCUT2D eigenvalue weighted by Crippen LogP contribution is 2.25. The molecule has 0 saturated carbocycles. The molecule has 1 heterocycles. The monoisotopic (exact) mass is 274 g/mol. The molecule has 0 aliphatic carbocycles. The first kappa shape index (κ1) is 14.5. The molecular weight excluding hydrogens is 252 g/mol. The number of rotatable bonds is 2. The van der Waals surface area contributed by atoms with Crippen LogP contribution in [-0.4, -0.2) is 35.0 Å². The number of nitrogens with zero attached hydrogens (tertiary/aromatic N) is 1. The van der Waals surface area contributed by atoms with Crippen molar-refractivity contribution in [3.8, 4) is 11.8 Å². The summed E-state index contributed by atoms with van der Waals surface area (Å²) in [6, 6.07) is 9.14. The van der Waals surface area contributed by atoms with Crippen molar-refractivity contribution < 1.29 is 0 Å². The third-order valence-electron chi connectivity index (χ3n) is 3.66. The van der Waals surface area contributed by atoms with Crippen molar-refractivity contribution in [3.05, 3.63) is 35.4 Å². The zero-order valence-electron chi connectivity index (χ0n) is 11.7. The van der Waals surface area contributed by atoms with Gasteiger partial charge in [-0.2, -0.15) is 11.8 Å². The Morgan fingerprint density at radius 3 is 3.05 bits per heavy atom. The molecule has 0 amide bonds. The lowest BCUT2D eigenvalue weighted by atomic mass is 10.1. The third kappa shape index (κ3) is 4.01. The maximum atomic E-state index is 5.41. The SMILES string of the molecule is CC1SCCN(Cc2cccc(C#CCN)c2)C1C. The minimum atomic E-state index is 0.419. The van der Waals surface area contributed by atoms with Crippen molar-refractivity contribution in [2.75, 3.05) is 18.8 Å². The van der Waals surface area contributed by atoms with Crippen LogP contribution in [0.4, 0.5) is 0 Å². The van der Waals surface area contributed by atoms with Crippen LogP contribution >= 0.6 is 11.8 Å². The molecular formula is C16H22N2S. The van der Waals surface area contributed by atoms with E-state index in [4.69, 9.17) is 5.73 Å². The topological polar surface area (TPSA) is 29.3 Å². The first-order valence-electron chi connectivity index (χ1n) is 6.84. The maximum Gasteiger partial charge on any atom is 0.0555 e. The molecule has 2 unspecified atom stereocenters. The summed E-state index contributed by atoms with van der Waals surface area (Å²) < 4.78 is 0. The number of hydrogen-bond acceptors (Lipinski definition) is 3. The van der Waals surface area contributed by atoms with Gasteiger partial charge >= 0.3 is 0 Å². The predicted molar refractivity (Wildman–Crippen MR) is 84.2 cm³/mol. The summed E-state index contributed by atoms with van der Waals surface area (Å²) in [7, 11) is 0. The number of hydrogen-bond donors (Lipinski definition) is 1. The molecule has 1 fully saturated rings. The van der Waals surface area contributed by atoms with E-state index in [2.05, 4.69) is 60.5 Å². The largest absolute Gasteiger partial charge is 0.320 e. The molecule has 1 aromatic rings. The van der Waals surface area contributed by atoms with Gasteiger partial charge in [-0.05, 0) is 24.6 Å². The van der Waals surface area contributed by atoms with Crippen LogP contribution in [0.1, 0.15) is 25.0 Å². The molecule has 1 saturated heterocycles. The molecule has 1 aliphatic rings. The van der Waals surface area contributed by atoms with Gasteiger partial charge in [0.2, 0.25) is 0 Å². The predicted octanol–water partition coefficient (Wildman–Crippen LogP) is 2.32. The summed E-state index contributed by atoms with van der Waals surface area (Å²) in [5.74, 6) is 7.25. The van der Waals surface area contributed by atoms with Crippen molar-refractivity contribution >= 4 is 11.8 Å². The molecule has 2 N–H and O–H groups in total. The second-order valence-corrected chi connectivity index (χ2v) is 6.48. The number of thioether (sulfide) groups is 1. The molecule has 1 aromatic carbocycles. The molecule has 19 heavy (non-hydrogen) atoms. The van der Waals surface area contributed by atoms with Crippen molar-refractivity contribution in [1.29, 1.82) is 0 Å². The van der Waals surface area contributed by atoms with Crippen LogP contribution in [0.2, 0.25) is 0 Å². The second-order valence-electron chi connectivity index (χ2n) is 4.99. The minimum Gasteiger partial charge on any atom is -0.320 e. The Morgan fingerprint density at radius 2 is 2.26 bits per heavy atom. The molecule has 102 valence electrons. The van der Waals surface area contributed by atoms with Gasteiger partial charge in [-0.1, -0.05) is 30.9 Å². The van der Waals surface area contributed by atoms with Crippen molar-refractivity contribution in [2.45, 2.75) is 31.7 Å². The first-order valence-corrected chi connectivity index (χ1v) is 7.89. The van der Waals surface area contributed by atoms with Gasteiger partial charge in [0.25, 0.3) is 0 Å². The van der Waals surface area contributed by atoms with E-state index in [1.54, 1.807) is 0 Å². The Hall–Kier alpha value is -0.950. The summed E-state index contributed by atoms with van der Waals surface area (Å²) in [5.41, 5.74) is 7.82. The van der Waals surface area contributed by atoms with Gasteiger partial charge in [0.15, 0.2) is 0 Å². The van der Waals surface area contributed by atoms with Crippen LogP contribution in [0.3, 0.4) is 0 Å².